The monoisotopic (exact) mass is 302 g/mol. The van der Waals surface area contributed by atoms with E-state index in [9.17, 15) is 0 Å². The van der Waals surface area contributed by atoms with Gasteiger partial charge in [0.05, 0.1) is 16.6 Å². The number of hydrogen-bond acceptors (Lipinski definition) is 4. The third-order valence-electron chi connectivity index (χ3n) is 3.94. The molecule has 6 nitrogen and oxygen atoms in total. The molecule has 4 rings (SSSR count). The molecule has 3 aromatic heterocycles. The number of aryl methyl sites for hydroxylation is 1. The summed E-state index contributed by atoms with van der Waals surface area (Å²) in [5.74, 6) is 1.60. The van der Waals surface area contributed by atoms with Gasteiger partial charge in [0.25, 0.3) is 0 Å². The highest BCUT2D eigenvalue weighted by molar-refractivity contribution is 6.30. The standard InChI is InChI=1S/C14H15ClN6/c1-19-3-2-12-13(19)16-9-17-14(12)20-5-10(6-20)7-21-8-11(15)4-18-21/h2-4,8-10H,5-7H2,1H3. The summed E-state index contributed by atoms with van der Waals surface area (Å²) < 4.78 is 3.92. The van der Waals surface area contributed by atoms with Gasteiger partial charge in [-0.2, -0.15) is 5.10 Å². The van der Waals surface area contributed by atoms with Gasteiger partial charge in [-0.15, -0.1) is 0 Å². The zero-order valence-corrected chi connectivity index (χ0v) is 12.4. The fraction of sp³-hybridized carbons (Fsp3) is 0.357. The third kappa shape index (κ3) is 2.15. The fourth-order valence-electron chi connectivity index (χ4n) is 2.88. The van der Waals surface area contributed by atoms with E-state index in [1.165, 1.54) is 0 Å². The van der Waals surface area contributed by atoms with Crippen LogP contribution in [0.3, 0.4) is 0 Å². The molecule has 1 aliphatic heterocycles. The quantitative estimate of drug-likeness (QED) is 0.742. The Kier molecular flexibility index (Phi) is 2.85. The Labute approximate surface area is 127 Å². The molecule has 7 heteroatoms. The molecule has 0 aromatic carbocycles. The van der Waals surface area contributed by atoms with E-state index in [2.05, 4.69) is 26.0 Å². The van der Waals surface area contributed by atoms with E-state index < -0.39 is 0 Å². The highest BCUT2D eigenvalue weighted by Crippen LogP contribution is 2.29. The third-order valence-corrected chi connectivity index (χ3v) is 4.14. The van der Waals surface area contributed by atoms with Crippen molar-refractivity contribution in [1.82, 2.24) is 24.3 Å². The maximum Gasteiger partial charge on any atom is 0.145 e. The summed E-state index contributed by atoms with van der Waals surface area (Å²) in [6, 6.07) is 2.07. The van der Waals surface area contributed by atoms with Crippen molar-refractivity contribution in [2.75, 3.05) is 18.0 Å². The maximum absolute atomic E-state index is 5.88. The van der Waals surface area contributed by atoms with E-state index in [4.69, 9.17) is 11.6 Å². The minimum atomic E-state index is 0.578. The molecule has 0 unspecified atom stereocenters. The average Bonchev–Trinajstić information content (AvgIpc) is 3.01. The van der Waals surface area contributed by atoms with Crippen LogP contribution >= 0.6 is 11.6 Å². The van der Waals surface area contributed by atoms with Crippen molar-refractivity contribution >= 4 is 28.5 Å². The lowest BCUT2D eigenvalue weighted by atomic mass is 10.00. The second-order valence-electron chi connectivity index (χ2n) is 5.51. The van der Waals surface area contributed by atoms with Crippen molar-refractivity contribution in [3.05, 3.63) is 36.0 Å². The second kappa shape index (κ2) is 4.73. The summed E-state index contributed by atoms with van der Waals surface area (Å²) in [5, 5.41) is 6.03. The predicted molar refractivity (Wildman–Crippen MR) is 81.4 cm³/mol. The average molecular weight is 303 g/mol. The van der Waals surface area contributed by atoms with Crippen molar-refractivity contribution in [3.63, 3.8) is 0 Å². The molecule has 1 fully saturated rings. The molecule has 0 bridgehead atoms. The largest absolute Gasteiger partial charge is 0.355 e. The zero-order chi connectivity index (χ0) is 14.4. The van der Waals surface area contributed by atoms with E-state index in [1.807, 2.05) is 28.7 Å². The summed E-state index contributed by atoms with van der Waals surface area (Å²) in [6.45, 7) is 2.86. The summed E-state index contributed by atoms with van der Waals surface area (Å²) in [6.07, 6.45) is 7.20. The van der Waals surface area contributed by atoms with Gasteiger partial charge in [0, 0.05) is 45.0 Å². The van der Waals surface area contributed by atoms with Gasteiger partial charge in [-0.3, -0.25) is 4.68 Å². The lowest BCUT2D eigenvalue weighted by Gasteiger charge is -2.40. The first-order chi connectivity index (χ1) is 10.2. The van der Waals surface area contributed by atoms with E-state index >= 15 is 0 Å². The molecule has 4 heterocycles. The van der Waals surface area contributed by atoms with Crippen LogP contribution in [0.1, 0.15) is 0 Å². The second-order valence-corrected chi connectivity index (χ2v) is 5.95. The number of nitrogens with zero attached hydrogens (tertiary/aromatic N) is 6. The SMILES string of the molecule is Cn1ccc2c(N3CC(Cn4cc(Cl)cn4)C3)ncnc21. The van der Waals surface area contributed by atoms with Crippen LogP contribution in [0.25, 0.3) is 11.0 Å². The number of anilines is 1. The van der Waals surface area contributed by atoms with Crippen LogP contribution in [0, 0.1) is 5.92 Å². The molecule has 0 atom stereocenters. The maximum atomic E-state index is 5.88. The summed E-state index contributed by atoms with van der Waals surface area (Å²) in [7, 11) is 2.00. The smallest absolute Gasteiger partial charge is 0.145 e. The number of rotatable bonds is 3. The molecule has 0 spiro atoms. The van der Waals surface area contributed by atoms with E-state index in [0.29, 0.717) is 10.9 Å². The Morgan fingerprint density at radius 3 is 2.95 bits per heavy atom. The fourth-order valence-corrected chi connectivity index (χ4v) is 3.03. The van der Waals surface area contributed by atoms with Crippen molar-refractivity contribution in [2.45, 2.75) is 6.54 Å². The number of halogens is 1. The van der Waals surface area contributed by atoms with Gasteiger partial charge in [-0.1, -0.05) is 11.6 Å². The molecule has 108 valence electrons. The zero-order valence-electron chi connectivity index (χ0n) is 11.6. The van der Waals surface area contributed by atoms with Gasteiger partial charge >= 0.3 is 0 Å². The Morgan fingerprint density at radius 2 is 2.19 bits per heavy atom. The lowest BCUT2D eigenvalue weighted by molar-refractivity contribution is 0.341. The molecule has 1 saturated heterocycles. The van der Waals surface area contributed by atoms with Crippen LogP contribution in [-0.2, 0) is 13.6 Å². The summed E-state index contributed by atoms with van der Waals surface area (Å²) >= 11 is 5.88. The molecular formula is C14H15ClN6. The molecular weight excluding hydrogens is 288 g/mol. The Morgan fingerprint density at radius 1 is 1.33 bits per heavy atom. The predicted octanol–water partition coefficient (Wildman–Crippen LogP) is 1.95. The van der Waals surface area contributed by atoms with Gasteiger partial charge in [0.15, 0.2) is 0 Å². The summed E-state index contributed by atoms with van der Waals surface area (Å²) in [5.41, 5.74) is 0.974. The number of aromatic nitrogens is 5. The van der Waals surface area contributed by atoms with Crippen LogP contribution in [-0.4, -0.2) is 37.4 Å². The van der Waals surface area contributed by atoms with Crippen molar-refractivity contribution < 1.29 is 0 Å². The van der Waals surface area contributed by atoms with E-state index in [1.54, 1.807) is 12.5 Å². The molecule has 0 amide bonds. The minimum Gasteiger partial charge on any atom is -0.355 e. The van der Waals surface area contributed by atoms with E-state index in [-0.39, 0.29) is 0 Å². The van der Waals surface area contributed by atoms with Crippen molar-refractivity contribution in [3.8, 4) is 0 Å². The van der Waals surface area contributed by atoms with Crippen LogP contribution < -0.4 is 4.90 Å². The normalized spacial score (nSPS) is 15.6. The molecule has 3 aromatic rings. The molecule has 0 N–H and O–H groups in total. The Hall–Kier alpha value is -2.08. The molecule has 0 aliphatic carbocycles. The first kappa shape index (κ1) is 12.6. The van der Waals surface area contributed by atoms with Gasteiger partial charge in [0.2, 0.25) is 0 Å². The van der Waals surface area contributed by atoms with Crippen LogP contribution in [0.15, 0.2) is 31.0 Å². The van der Waals surface area contributed by atoms with Crippen LogP contribution in [0.2, 0.25) is 5.02 Å². The minimum absolute atomic E-state index is 0.578. The van der Waals surface area contributed by atoms with Gasteiger partial charge in [-0.05, 0) is 6.07 Å². The number of hydrogen-bond donors (Lipinski definition) is 0. The molecule has 21 heavy (non-hydrogen) atoms. The molecule has 1 aliphatic rings. The van der Waals surface area contributed by atoms with Gasteiger partial charge in [0.1, 0.15) is 17.8 Å². The first-order valence-corrected chi connectivity index (χ1v) is 7.27. The van der Waals surface area contributed by atoms with Gasteiger partial charge < -0.3 is 9.47 Å². The van der Waals surface area contributed by atoms with Crippen LogP contribution in [0.4, 0.5) is 5.82 Å². The lowest BCUT2D eigenvalue weighted by Crippen LogP contribution is -2.49. The first-order valence-electron chi connectivity index (χ1n) is 6.89. The van der Waals surface area contributed by atoms with E-state index in [0.717, 1.165) is 36.5 Å². The van der Waals surface area contributed by atoms with Crippen molar-refractivity contribution in [1.29, 1.82) is 0 Å². The Balaban J connectivity index is 1.49. The molecule has 0 saturated carbocycles. The highest BCUT2D eigenvalue weighted by atomic mass is 35.5. The topological polar surface area (TPSA) is 51.8 Å². The molecule has 0 radical (unpaired) electrons. The number of fused-ring (bicyclic) bond motifs is 1. The highest BCUT2D eigenvalue weighted by Gasteiger charge is 2.29. The van der Waals surface area contributed by atoms with Crippen LogP contribution in [0.5, 0.6) is 0 Å². The van der Waals surface area contributed by atoms with Crippen molar-refractivity contribution in [2.24, 2.45) is 13.0 Å². The summed E-state index contributed by atoms with van der Waals surface area (Å²) in [4.78, 5) is 11.1. The van der Waals surface area contributed by atoms with Gasteiger partial charge in [-0.25, -0.2) is 9.97 Å². The Bertz CT molecular complexity index is 786.